The van der Waals surface area contributed by atoms with Gasteiger partial charge in [-0.25, -0.2) is 14.6 Å². The van der Waals surface area contributed by atoms with Crippen LogP contribution in [-0.4, -0.2) is 32.8 Å². The molecule has 0 aliphatic rings. The molecule has 8 heteroatoms. The second-order valence-electron chi connectivity index (χ2n) is 7.64. The third kappa shape index (κ3) is 5.29. The van der Waals surface area contributed by atoms with Crippen molar-refractivity contribution in [1.82, 2.24) is 19.7 Å². The van der Waals surface area contributed by atoms with E-state index in [0.717, 1.165) is 28.3 Å². The zero-order chi connectivity index (χ0) is 24.1. The lowest BCUT2D eigenvalue weighted by Gasteiger charge is -2.08. The molecule has 0 bridgehead atoms. The van der Waals surface area contributed by atoms with Gasteiger partial charge in [0.25, 0.3) is 0 Å². The number of amides is 1. The first-order valence-electron chi connectivity index (χ1n) is 10.7. The SMILES string of the molecule is COc1ccc(/C=C/C(=O)Nc2ccc(Oc3cc(-n4nc(C)c(C)c4C)ncn3)cc2)cc1. The monoisotopic (exact) mass is 455 g/mol. The van der Waals surface area contributed by atoms with Crippen molar-refractivity contribution in [1.29, 1.82) is 0 Å². The molecule has 0 fully saturated rings. The van der Waals surface area contributed by atoms with Crippen molar-refractivity contribution in [3.05, 3.63) is 89.5 Å². The summed E-state index contributed by atoms with van der Waals surface area (Å²) in [5.41, 5.74) is 4.65. The first kappa shape index (κ1) is 22.7. The molecule has 0 atom stereocenters. The molecular formula is C26H25N5O3. The lowest BCUT2D eigenvalue weighted by atomic mass is 10.2. The van der Waals surface area contributed by atoms with E-state index < -0.39 is 0 Å². The Morgan fingerprint density at radius 3 is 2.32 bits per heavy atom. The number of carbonyl (C=O) groups excluding carboxylic acids is 1. The smallest absolute Gasteiger partial charge is 0.248 e. The van der Waals surface area contributed by atoms with E-state index in [9.17, 15) is 4.79 Å². The van der Waals surface area contributed by atoms with Crippen LogP contribution in [-0.2, 0) is 4.79 Å². The van der Waals surface area contributed by atoms with Crippen LogP contribution in [0.15, 0.2) is 67.0 Å². The molecule has 172 valence electrons. The summed E-state index contributed by atoms with van der Waals surface area (Å²) >= 11 is 0. The summed E-state index contributed by atoms with van der Waals surface area (Å²) in [5, 5.41) is 7.36. The lowest BCUT2D eigenvalue weighted by molar-refractivity contribution is -0.111. The first-order chi connectivity index (χ1) is 16.4. The van der Waals surface area contributed by atoms with Gasteiger partial charge in [0.2, 0.25) is 11.8 Å². The quantitative estimate of drug-likeness (QED) is 0.393. The van der Waals surface area contributed by atoms with Gasteiger partial charge in [-0.2, -0.15) is 5.10 Å². The van der Waals surface area contributed by atoms with Gasteiger partial charge < -0.3 is 14.8 Å². The zero-order valence-electron chi connectivity index (χ0n) is 19.4. The van der Waals surface area contributed by atoms with Crippen LogP contribution in [0.4, 0.5) is 5.69 Å². The molecule has 0 unspecified atom stereocenters. The molecule has 2 aromatic heterocycles. The van der Waals surface area contributed by atoms with Crippen LogP contribution in [0, 0.1) is 20.8 Å². The molecule has 2 heterocycles. The number of benzene rings is 2. The number of hydrogen-bond acceptors (Lipinski definition) is 6. The van der Waals surface area contributed by atoms with Gasteiger partial charge in [-0.05, 0) is 74.4 Å². The molecule has 0 saturated carbocycles. The Labute approximate surface area is 197 Å². The molecule has 4 aromatic rings. The van der Waals surface area contributed by atoms with Gasteiger partial charge in [-0.15, -0.1) is 0 Å². The van der Waals surface area contributed by atoms with Gasteiger partial charge in [-0.1, -0.05) is 12.1 Å². The zero-order valence-corrected chi connectivity index (χ0v) is 19.4. The Balaban J connectivity index is 1.38. The maximum absolute atomic E-state index is 12.2. The van der Waals surface area contributed by atoms with Crippen molar-refractivity contribution in [2.45, 2.75) is 20.8 Å². The van der Waals surface area contributed by atoms with Crippen molar-refractivity contribution in [2.75, 3.05) is 12.4 Å². The van der Waals surface area contributed by atoms with Crippen molar-refractivity contribution < 1.29 is 14.3 Å². The minimum atomic E-state index is -0.231. The molecule has 8 nitrogen and oxygen atoms in total. The Bertz CT molecular complexity index is 1330. The van der Waals surface area contributed by atoms with Gasteiger partial charge in [-0.3, -0.25) is 4.79 Å². The highest BCUT2D eigenvalue weighted by Gasteiger charge is 2.11. The van der Waals surface area contributed by atoms with Gasteiger partial charge in [0.05, 0.1) is 12.8 Å². The second-order valence-corrected chi connectivity index (χ2v) is 7.64. The van der Waals surface area contributed by atoms with Crippen LogP contribution in [0.1, 0.15) is 22.5 Å². The number of hydrogen-bond donors (Lipinski definition) is 1. The molecule has 0 aliphatic carbocycles. The minimum Gasteiger partial charge on any atom is -0.497 e. The lowest BCUT2D eigenvalue weighted by Crippen LogP contribution is -2.07. The largest absolute Gasteiger partial charge is 0.497 e. The number of methoxy groups -OCH3 is 1. The van der Waals surface area contributed by atoms with E-state index >= 15 is 0 Å². The van der Waals surface area contributed by atoms with Crippen molar-refractivity contribution in [3.63, 3.8) is 0 Å². The number of carbonyl (C=O) groups is 1. The van der Waals surface area contributed by atoms with Crippen LogP contribution in [0.25, 0.3) is 11.9 Å². The van der Waals surface area contributed by atoms with E-state index in [2.05, 4.69) is 20.4 Å². The van der Waals surface area contributed by atoms with Crippen molar-refractivity contribution in [2.24, 2.45) is 0 Å². The number of anilines is 1. The van der Waals surface area contributed by atoms with E-state index in [0.29, 0.717) is 23.1 Å². The van der Waals surface area contributed by atoms with Crippen molar-refractivity contribution in [3.8, 4) is 23.2 Å². The highest BCUT2D eigenvalue weighted by molar-refractivity contribution is 6.01. The predicted molar refractivity (Wildman–Crippen MR) is 131 cm³/mol. The molecule has 0 spiro atoms. The van der Waals surface area contributed by atoms with Crippen LogP contribution in [0.5, 0.6) is 17.4 Å². The normalized spacial score (nSPS) is 10.9. The molecule has 1 N–H and O–H groups in total. The maximum Gasteiger partial charge on any atom is 0.248 e. The average Bonchev–Trinajstić information content (AvgIpc) is 3.12. The van der Waals surface area contributed by atoms with E-state index in [-0.39, 0.29) is 5.91 Å². The van der Waals surface area contributed by atoms with Crippen LogP contribution in [0.2, 0.25) is 0 Å². The summed E-state index contributed by atoms with van der Waals surface area (Å²) in [7, 11) is 1.61. The topological polar surface area (TPSA) is 91.2 Å². The standard InChI is InChI=1S/C26H25N5O3/c1-17-18(2)30-31(19(17)3)24-15-26(28-16-27-24)34-23-12-8-21(9-13-23)29-25(32)14-7-20-5-10-22(33-4)11-6-20/h5-16H,1-4H3,(H,29,32)/b14-7+. The number of aromatic nitrogens is 4. The molecular weight excluding hydrogens is 430 g/mol. The molecule has 2 aromatic carbocycles. The first-order valence-corrected chi connectivity index (χ1v) is 10.7. The highest BCUT2D eigenvalue weighted by Crippen LogP contribution is 2.23. The molecule has 34 heavy (non-hydrogen) atoms. The minimum absolute atomic E-state index is 0.231. The molecule has 0 aliphatic heterocycles. The summed E-state index contributed by atoms with van der Waals surface area (Å²) in [6.07, 6.45) is 4.67. The van der Waals surface area contributed by atoms with Gasteiger partial charge >= 0.3 is 0 Å². The fraction of sp³-hybridized carbons (Fsp3) is 0.154. The summed E-state index contributed by atoms with van der Waals surface area (Å²) in [5.74, 6) is 2.15. The van der Waals surface area contributed by atoms with Gasteiger partial charge in [0.1, 0.15) is 17.8 Å². The molecule has 1 amide bonds. The number of aryl methyl sites for hydroxylation is 1. The third-order valence-corrected chi connectivity index (χ3v) is 5.38. The third-order valence-electron chi connectivity index (χ3n) is 5.38. The van der Waals surface area contributed by atoms with Crippen molar-refractivity contribution >= 4 is 17.7 Å². The summed E-state index contributed by atoms with van der Waals surface area (Å²) < 4.78 is 12.8. The highest BCUT2D eigenvalue weighted by atomic mass is 16.5. The fourth-order valence-electron chi connectivity index (χ4n) is 3.24. The molecule has 0 saturated heterocycles. The Hall–Kier alpha value is -4.46. The average molecular weight is 456 g/mol. The van der Waals surface area contributed by atoms with E-state index in [4.69, 9.17) is 9.47 Å². The van der Waals surface area contributed by atoms with E-state index in [1.54, 1.807) is 48.2 Å². The number of nitrogens with one attached hydrogen (secondary N) is 1. The Kier molecular flexibility index (Phi) is 6.68. The molecule has 4 rings (SSSR count). The van der Waals surface area contributed by atoms with E-state index in [1.165, 1.54) is 12.4 Å². The summed E-state index contributed by atoms with van der Waals surface area (Å²) in [6.45, 7) is 5.99. The number of nitrogens with zero attached hydrogens (tertiary/aromatic N) is 4. The number of rotatable bonds is 7. The number of ether oxygens (including phenoxy) is 2. The second kappa shape index (κ2) is 9.99. The fourth-order valence-corrected chi connectivity index (χ4v) is 3.24. The summed E-state index contributed by atoms with van der Waals surface area (Å²) in [6, 6.07) is 16.2. The molecule has 0 radical (unpaired) electrons. The van der Waals surface area contributed by atoms with Gasteiger partial charge in [0.15, 0.2) is 5.82 Å². The van der Waals surface area contributed by atoms with Gasteiger partial charge in [0, 0.05) is 23.5 Å². The Morgan fingerprint density at radius 1 is 0.971 bits per heavy atom. The summed E-state index contributed by atoms with van der Waals surface area (Å²) in [4.78, 5) is 20.7. The van der Waals surface area contributed by atoms with E-state index in [1.807, 2.05) is 45.0 Å². The van der Waals surface area contributed by atoms with Crippen LogP contribution in [0.3, 0.4) is 0 Å². The predicted octanol–water partition coefficient (Wildman–Crippen LogP) is 5.04. The van der Waals surface area contributed by atoms with Crippen LogP contribution < -0.4 is 14.8 Å². The van der Waals surface area contributed by atoms with Crippen LogP contribution >= 0.6 is 0 Å². The maximum atomic E-state index is 12.2. The Morgan fingerprint density at radius 2 is 1.68 bits per heavy atom.